The lowest BCUT2D eigenvalue weighted by molar-refractivity contribution is 0.475. The van der Waals surface area contributed by atoms with Crippen LogP contribution in [0.25, 0.3) is 33.4 Å². The van der Waals surface area contributed by atoms with Crippen LogP contribution in [-0.4, -0.2) is 5.11 Å². The highest BCUT2D eigenvalue weighted by molar-refractivity contribution is 5.91. The SMILES string of the molecule is Oc1ccc(C2(c3ccccc3)c3cc(-c4ccc(N(c5ccccc5)c5ccccc5)cc4)ccc3-c3ccc(-c4ccc(N(c5ccccc5)c5ccccc5)cc4)cc32)cc1. The van der Waals surface area contributed by atoms with Gasteiger partial charge in [-0.25, -0.2) is 0 Å². The lowest BCUT2D eigenvalue weighted by atomic mass is 9.67. The molecule has 0 amide bonds. The molecule has 0 heterocycles. The Hall–Kier alpha value is -8.40. The van der Waals surface area contributed by atoms with Gasteiger partial charge in [-0.3, -0.25) is 0 Å². The lowest BCUT2D eigenvalue weighted by Gasteiger charge is -2.34. The Kier molecular flexibility index (Phi) is 9.91. The van der Waals surface area contributed by atoms with E-state index in [-0.39, 0.29) is 5.75 Å². The Bertz CT molecular complexity index is 2920. The smallest absolute Gasteiger partial charge is 0.115 e. The molecule has 0 fully saturated rings. The number of nitrogens with zero attached hydrogens (tertiary/aromatic N) is 2. The summed E-state index contributed by atoms with van der Waals surface area (Å²) >= 11 is 0. The van der Waals surface area contributed by atoms with Crippen LogP contribution in [0.1, 0.15) is 22.3 Å². The third-order valence-corrected chi connectivity index (χ3v) is 12.6. The van der Waals surface area contributed by atoms with Gasteiger partial charge < -0.3 is 14.9 Å². The van der Waals surface area contributed by atoms with Crippen LogP contribution in [0.3, 0.4) is 0 Å². The second-order valence-electron chi connectivity index (χ2n) is 16.3. The summed E-state index contributed by atoms with van der Waals surface area (Å²) in [6.45, 7) is 0. The van der Waals surface area contributed by atoms with Gasteiger partial charge in [0.05, 0.1) is 5.41 Å². The van der Waals surface area contributed by atoms with Crippen LogP contribution in [0.2, 0.25) is 0 Å². The van der Waals surface area contributed by atoms with Gasteiger partial charge in [-0.05, 0) is 153 Å². The number of benzene rings is 10. The quantitative estimate of drug-likeness (QED) is 0.149. The molecule has 0 atom stereocenters. The molecule has 0 saturated heterocycles. The van der Waals surface area contributed by atoms with Crippen LogP contribution in [0, 0.1) is 0 Å². The zero-order valence-electron chi connectivity index (χ0n) is 35.2. The monoisotopic (exact) mass is 820 g/mol. The maximum atomic E-state index is 10.6. The molecule has 0 aromatic heterocycles. The summed E-state index contributed by atoms with van der Waals surface area (Å²) < 4.78 is 0. The van der Waals surface area contributed by atoms with E-state index in [1.54, 1.807) is 0 Å². The summed E-state index contributed by atoms with van der Waals surface area (Å²) in [6, 6.07) is 92.5. The maximum Gasteiger partial charge on any atom is 0.115 e. The molecule has 3 nitrogen and oxygen atoms in total. The summed E-state index contributed by atoms with van der Waals surface area (Å²) in [5, 5.41) is 10.6. The van der Waals surface area contributed by atoms with Crippen LogP contribution in [0.5, 0.6) is 5.75 Å². The first-order valence-corrected chi connectivity index (χ1v) is 21.8. The van der Waals surface area contributed by atoms with E-state index < -0.39 is 5.41 Å². The van der Waals surface area contributed by atoms with E-state index >= 15 is 0 Å². The number of hydrogen-bond donors (Lipinski definition) is 1. The van der Waals surface area contributed by atoms with Gasteiger partial charge in [0.15, 0.2) is 0 Å². The highest BCUT2D eigenvalue weighted by atomic mass is 16.3. The van der Waals surface area contributed by atoms with Gasteiger partial charge >= 0.3 is 0 Å². The predicted octanol–water partition coefficient (Wildman–Crippen LogP) is 16.0. The second kappa shape index (κ2) is 16.5. The van der Waals surface area contributed by atoms with Crippen LogP contribution >= 0.6 is 0 Å². The van der Waals surface area contributed by atoms with Crippen molar-refractivity contribution >= 4 is 34.1 Å². The molecular formula is C61H44N2O. The molecule has 0 saturated carbocycles. The van der Waals surface area contributed by atoms with Crippen molar-refractivity contribution in [3.63, 3.8) is 0 Å². The molecule has 0 radical (unpaired) electrons. The summed E-state index contributed by atoms with van der Waals surface area (Å²) in [4.78, 5) is 4.59. The molecule has 0 aliphatic heterocycles. The molecule has 1 aliphatic carbocycles. The fraction of sp³-hybridized carbons (Fsp3) is 0.0164. The Morgan fingerprint density at radius 3 is 0.922 bits per heavy atom. The molecule has 64 heavy (non-hydrogen) atoms. The molecule has 10 aromatic carbocycles. The topological polar surface area (TPSA) is 26.7 Å². The highest BCUT2D eigenvalue weighted by Gasteiger charge is 2.46. The molecule has 3 heteroatoms. The third-order valence-electron chi connectivity index (χ3n) is 12.6. The minimum absolute atomic E-state index is 0.244. The Balaban J connectivity index is 1.03. The molecular weight excluding hydrogens is 777 g/mol. The zero-order chi connectivity index (χ0) is 42.9. The number of aromatic hydroxyl groups is 1. The summed E-state index contributed by atoms with van der Waals surface area (Å²) in [5.41, 5.74) is 17.6. The van der Waals surface area contributed by atoms with Crippen molar-refractivity contribution in [2.75, 3.05) is 9.80 Å². The van der Waals surface area contributed by atoms with Crippen LogP contribution in [-0.2, 0) is 5.41 Å². The van der Waals surface area contributed by atoms with Gasteiger partial charge in [-0.15, -0.1) is 0 Å². The average molecular weight is 821 g/mol. The number of anilines is 6. The van der Waals surface area contributed by atoms with E-state index in [2.05, 4.69) is 259 Å². The molecule has 0 bridgehead atoms. The average Bonchev–Trinajstić information content (AvgIpc) is 3.66. The molecule has 1 N–H and O–H groups in total. The van der Waals surface area contributed by atoms with Gasteiger partial charge in [-0.2, -0.15) is 0 Å². The van der Waals surface area contributed by atoms with Crippen molar-refractivity contribution < 1.29 is 5.11 Å². The number of hydrogen-bond acceptors (Lipinski definition) is 3. The lowest BCUT2D eigenvalue weighted by Crippen LogP contribution is -2.28. The van der Waals surface area contributed by atoms with Gasteiger partial charge in [0.25, 0.3) is 0 Å². The summed E-state index contributed by atoms with van der Waals surface area (Å²) in [5.74, 6) is 0.244. The number of fused-ring (bicyclic) bond motifs is 3. The van der Waals surface area contributed by atoms with Gasteiger partial charge in [0.2, 0.25) is 0 Å². The second-order valence-corrected chi connectivity index (χ2v) is 16.3. The largest absolute Gasteiger partial charge is 0.508 e. The van der Waals surface area contributed by atoms with Crippen molar-refractivity contribution in [1.82, 2.24) is 0 Å². The fourth-order valence-corrected chi connectivity index (χ4v) is 9.68. The van der Waals surface area contributed by atoms with E-state index in [1.807, 2.05) is 12.1 Å². The van der Waals surface area contributed by atoms with Gasteiger partial charge in [0.1, 0.15) is 5.75 Å². The summed E-state index contributed by atoms with van der Waals surface area (Å²) in [7, 11) is 0. The van der Waals surface area contributed by atoms with E-state index in [4.69, 9.17) is 0 Å². The molecule has 1 aliphatic rings. The van der Waals surface area contributed by atoms with Crippen LogP contribution in [0.15, 0.2) is 261 Å². The van der Waals surface area contributed by atoms with Crippen LogP contribution < -0.4 is 9.80 Å². The fourth-order valence-electron chi connectivity index (χ4n) is 9.68. The van der Waals surface area contributed by atoms with Crippen molar-refractivity contribution in [3.05, 3.63) is 283 Å². The number of rotatable bonds is 10. The predicted molar refractivity (Wildman–Crippen MR) is 266 cm³/mol. The number of phenolic OH excluding ortho intramolecular Hbond substituents is 1. The summed E-state index contributed by atoms with van der Waals surface area (Å²) in [6.07, 6.45) is 0. The standard InChI is InChI=1S/C61H44N2O/c64-56-38-32-49(33-39-56)61(48-16-6-1-7-17-48)59-42-46(44-26-34-54(35-27-44)62(50-18-8-2-9-19-50)51-20-10-3-11-21-51)30-40-57(59)58-41-31-47(43-60(58)61)45-28-36-55(37-29-45)63(52-22-12-4-13-23-52)53-24-14-5-15-25-53/h1-43,64H. The molecule has 0 spiro atoms. The molecule has 304 valence electrons. The normalized spacial score (nSPS) is 12.2. The third kappa shape index (κ3) is 6.81. The minimum atomic E-state index is -0.666. The van der Waals surface area contributed by atoms with E-state index in [0.29, 0.717) is 0 Å². The highest BCUT2D eigenvalue weighted by Crippen LogP contribution is 2.57. The van der Waals surface area contributed by atoms with E-state index in [0.717, 1.165) is 61.9 Å². The van der Waals surface area contributed by atoms with Crippen LogP contribution in [0.4, 0.5) is 34.1 Å². The molecule has 11 rings (SSSR count). The molecule has 10 aromatic rings. The Morgan fingerprint density at radius 1 is 0.266 bits per heavy atom. The first-order chi connectivity index (χ1) is 31.6. The first kappa shape index (κ1) is 38.5. The number of para-hydroxylation sites is 4. The zero-order valence-corrected chi connectivity index (χ0v) is 35.2. The molecule has 0 unspecified atom stereocenters. The van der Waals surface area contributed by atoms with Gasteiger partial charge in [-0.1, -0.05) is 164 Å². The van der Waals surface area contributed by atoms with E-state index in [9.17, 15) is 5.11 Å². The van der Waals surface area contributed by atoms with Gasteiger partial charge in [0, 0.05) is 34.1 Å². The first-order valence-electron chi connectivity index (χ1n) is 21.8. The number of phenols is 1. The van der Waals surface area contributed by atoms with Crippen molar-refractivity contribution in [3.8, 4) is 39.1 Å². The minimum Gasteiger partial charge on any atom is -0.508 e. The van der Waals surface area contributed by atoms with E-state index in [1.165, 1.54) is 27.8 Å². The Morgan fingerprint density at radius 2 is 0.562 bits per heavy atom. The van der Waals surface area contributed by atoms with Crippen molar-refractivity contribution in [2.45, 2.75) is 5.41 Å². The van der Waals surface area contributed by atoms with Crippen molar-refractivity contribution in [2.24, 2.45) is 0 Å². The Labute approximate surface area is 375 Å². The maximum absolute atomic E-state index is 10.6. The van der Waals surface area contributed by atoms with Crippen molar-refractivity contribution in [1.29, 1.82) is 0 Å².